The number of rotatable bonds is 4. The van der Waals surface area contributed by atoms with Gasteiger partial charge in [0, 0.05) is 24.1 Å². The van der Waals surface area contributed by atoms with Gasteiger partial charge in [-0.2, -0.15) is 0 Å². The first kappa shape index (κ1) is 13.0. The molecule has 2 aromatic rings. The molecule has 2 rings (SSSR count). The lowest BCUT2D eigenvalue weighted by Gasteiger charge is -2.07. The molecule has 4 nitrogen and oxygen atoms in total. The molecule has 2 heterocycles. The number of hydrogen-bond donors (Lipinski definition) is 1. The van der Waals surface area contributed by atoms with Crippen LogP contribution in [0.4, 0.5) is 0 Å². The van der Waals surface area contributed by atoms with E-state index in [0.717, 1.165) is 33.7 Å². The summed E-state index contributed by atoms with van der Waals surface area (Å²) in [6.07, 6.45) is 1.80. The first-order valence-electron chi connectivity index (χ1n) is 5.77. The minimum Gasteiger partial charge on any atom is -0.316 e. The normalized spacial score (nSPS) is 10.6. The molecule has 0 aliphatic heterocycles. The van der Waals surface area contributed by atoms with Crippen molar-refractivity contribution in [3.8, 4) is 0 Å². The van der Waals surface area contributed by atoms with Crippen molar-refractivity contribution in [2.24, 2.45) is 0 Å². The highest BCUT2D eigenvalue weighted by Crippen LogP contribution is 2.26. The predicted octanol–water partition coefficient (Wildman–Crippen LogP) is 2.36. The Morgan fingerprint density at radius 2 is 1.94 bits per heavy atom. The third-order valence-electron chi connectivity index (χ3n) is 2.37. The maximum Gasteiger partial charge on any atom is 0.194 e. The van der Waals surface area contributed by atoms with E-state index < -0.39 is 0 Å². The number of aromatic nitrogens is 3. The highest BCUT2D eigenvalue weighted by Gasteiger charge is 2.07. The van der Waals surface area contributed by atoms with Crippen molar-refractivity contribution in [1.29, 1.82) is 0 Å². The van der Waals surface area contributed by atoms with Crippen molar-refractivity contribution in [1.82, 2.24) is 20.3 Å². The minimum absolute atomic E-state index is 0.753. The molecule has 18 heavy (non-hydrogen) atoms. The lowest BCUT2D eigenvalue weighted by molar-refractivity contribution is 0.788. The molecule has 0 spiro atoms. The smallest absolute Gasteiger partial charge is 0.194 e. The number of aryl methyl sites for hydroxylation is 2. The fraction of sp³-hybridized carbons (Fsp3) is 0.308. The molecular formula is C13H16N4S. The summed E-state index contributed by atoms with van der Waals surface area (Å²) in [5.41, 5.74) is 3.12. The van der Waals surface area contributed by atoms with Crippen molar-refractivity contribution in [2.45, 2.75) is 30.6 Å². The molecular weight excluding hydrogens is 244 g/mol. The summed E-state index contributed by atoms with van der Waals surface area (Å²) in [5.74, 6) is 0. The fourth-order valence-corrected chi connectivity index (χ4v) is 2.60. The Morgan fingerprint density at radius 3 is 2.61 bits per heavy atom. The average molecular weight is 260 g/mol. The third kappa shape index (κ3) is 3.27. The molecule has 1 N–H and O–H groups in total. The molecule has 0 amide bonds. The fourth-order valence-electron chi connectivity index (χ4n) is 1.67. The van der Waals surface area contributed by atoms with Crippen LogP contribution in [0, 0.1) is 13.8 Å². The van der Waals surface area contributed by atoms with E-state index >= 15 is 0 Å². The third-order valence-corrected chi connectivity index (χ3v) is 3.29. The van der Waals surface area contributed by atoms with Crippen LogP contribution in [0.15, 0.2) is 34.6 Å². The summed E-state index contributed by atoms with van der Waals surface area (Å²) in [5, 5.41) is 4.85. The van der Waals surface area contributed by atoms with Gasteiger partial charge in [-0.1, -0.05) is 6.07 Å². The van der Waals surface area contributed by atoms with E-state index in [9.17, 15) is 0 Å². The Hall–Kier alpha value is -1.46. The number of pyridine rings is 1. The van der Waals surface area contributed by atoms with Gasteiger partial charge in [-0.05, 0) is 50.4 Å². The van der Waals surface area contributed by atoms with Crippen LogP contribution in [0.3, 0.4) is 0 Å². The maximum atomic E-state index is 4.42. The van der Waals surface area contributed by atoms with Gasteiger partial charge in [-0.15, -0.1) is 0 Å². The van der Waals surface area contributed by atoms with E-state index in [-0.39, 0.29) is 0 Å². The number of nitrogens with one attached hydrogen (secondary N) is 1. The van der Waals surface area contributed by atoms with Gasteiger partial charge < -0.3 is 5.32 Å². The molecule has 0 atom stereocenters. The molecule has 0 radical (unpaired) electrons. The van der Waals surface area contributed by atoms with Gasteiger partial charge in [0.2, 0.25) is 0 Å². The largest absolute Gasteiger partial charge is 0.316 e. The molecule has 0 bridgehead atoms. The molecule has 0 aliphatic rings. The highest BCUT2D eigenvalue weighted by atomic mass is 32.2. The number of hydrogen-bond acceptors (Lipinski definition) is 5. The molecule has 0 unspecified atom stereocenters. The molecule has 0 fully saturated rings. The summed E-state index contributed by atoms with van der Waals surface area (Å²) >= 11 is 1.51. The highest BCUT2D eigenvalue weighted by molar-refractivity contribution is 7.99. The first-order valence-corrected chi connectivity index (χ1v) is 6.59. The Kier molecular flexibility index (Phi) is 4.28. The van der Waals surface area contributed by atoms with Crippen LogP contribution < -0.4 is 5.32 Å². The van der Waals surface area contributed by atoms with E-state index in [1.54, 1.807) is 6.20 Å². The Labute approximate surface area is 111 Å². The zero-order chi connectivity index (χ0) is 13.0. The topological polar surface area (TPSA) is 50.7 Å². The van der Waals surface area contributed by atoms with E-state index in [1.807, 2.05) is 33.0 Å². The van der Waals surface area contributed by atoms with Crippen molar-refractivity contribution in [3.63, 3.8) is 0 Å². The second-order valence-electron chi connectivity index (χ2n) is 4.03. The molecule has 94 valence electrons. The molecule has 5 heteroatoms. The molecule has 0 aromatic carbocycles. The van der Waals surface area contributed by atoms with Gasteiger partial charge in [-0.3, -0.25) is 0 Å². The van der Waals surface area contributed by atoms with Crippen LogP contribution in [-0.4, -0.2) is 22.0 Å². The van der Waals surface area contributed by atoms with Gasteiger partial charge in [0.25, 0.3) is 0 Å². The predicted molar refractivity (Wildman–Crippen MR) is 72.6 cm³/mol. The van der Waals surface area contributed by atoms with Crippen molar-refractivity contribution >= 4 is 11.8 Å². The minimum atomic E-state index is 0.753. The monoisotopic (exact) mass is 260 g/mol. The Morgan fingerprint density at radius 1 is 1.22 bits per heavy atom. The summed E-state index contributed by atoms with van der Waals surface area (Å²) in [7, 11) is 1.93. The van der Waals surface area contributed by atoms with Gasteiger partial charge in [0.05, 0.1) is 0 Å². The quantitative estimate of drug-likeness (QED) is 0.855. The van der Waals surface area contributed by atoms with Crippen LogP contribution in [0.5, 0.6) is 0 Å². The maximum absolute atomic E-state index is 4.42. The number of nitrogens with zero attached hydrogens (tertiary/aromatic N) is 3. The van der Waals surface area contributed by atoms with Crippen LogP contribution in [0.2, 0.25) is 0 Å². The summed E-state index contributed by atoms with van der Waals surface area (Å²) in [4.78, 5) is 13.2. The van der Waals surface area contributed by atoms with Gasteiger partial charge >= 0.3 is 0 Å². The molecule has 2 aromatic heterocycles. The molecule has 0 aliphatic carbocycles. The standard InChI is InChI=1S/C13H16N4S/c1-9-7-10(2)17-13(16-9)18-12-11(8-14-3)5-4-6-15-12/h4-7,14H,8H2,1-3H3. The van der Waals surface area contributed by atoms with Crippen molar-refractivity contribution < 1.29 is 0 Å². The van der Waals surface area contributed by atoms with Gasteiger partial charge in [-0.25, -0.2) is 15.0 Å². The Balaban J connectivity index is 2.27. The van der Waals surface area contributed by atoms with Crippen molar-refractivity contribution in [3.05, 3.63) is 41.3 Å². The zero-order valence-corrected chi connectivity index (χ0v) is 11.6. The first-order chi connectivity index (χ1) is 8.69. The second kappa shape index (κ2) is 5.93. The van der Waals surface area contributed by atoms with E-state index in [1.165, 1.54) is 11.8 Å². The van der Waals surface area contributed by atoms with E-state index in [0.29, 0.717) is 0 Å². The summed E-state index contributed by atoms with van der Waals surface area (Å²) in [6, 6.07) is 5.98. The van der Waals surface area contributed by atoms with Crippen molar-refractivity contribution in [2.75, 3.05) is 7.05 Å². The van der Waals surface area contributed by atoms with E-state index in [2.05, 4.69) is 26.3 Å². The summed E-state index contributed by atoms with van der Waals surface area (Å²) < 4.78 is 0. The average Bonchev–Trinajstić information content (AvgIpc) is 2.30. The lowest BCUT2D eigenvalue weighted by atomic mass is 10.3. The molecule has 0 saturated carbocycles. The zero-order valence-electron chi connectivity index (χ0n) is 10.8. The Bertz CT molecular complexity index is 522. The second-order valence-corrected chi connectivity index (χ2v) is 4.99. The molecule has 0 saturated heterocycles. The SMILES string of the molecule is CNCc1cccnc1Sc1nc(C)cc(C)n1. The van der Waals surface area contributed by atoms with Gasteiger partial charge in [0.15, 0.2) is 5.16 Å². The lowest BCUT2D eigenvalue weighted by Crippen LogP contribution is -2.07. The van der Waals surface area contributed by atoms with Gasteiger partial charge in [0.1, 0.15) is 5.03 Å². The van der Waals surface area contributed by atoms with Crippen LogP contribution in [0.1, 0.15) is 17.0 Å². The van der Waals surface area contributed by atoms with Crippen LogP contribution in [-0.2, 0) is 6.54 Å². The van der Waals surface area contributed by atoms with E-state index in [4.69, 9.17) is 0 Å². The summed E-state index contributed by atoms with van der Waals surface area (Å²) in [6.45, 7) is 4.75. The van der Waals surface area contributed by atoms with Crippen LogP contribution in [0.25, 0.3) is 0 Å². The van der Waals surface area contributed by atoms with Crippen LogP contribution >= 0.6 is 11.8 Å².